The van der Waals surface area contributed by atoms with Crippen LogP contribution in [0.2, 0.25) is 0 Å². The van der Waals surface area contributed by atoms with Crippen molar-refractivity contribution in [2.24, 2.45) is 5.92 Å². The van der Waals surface area contributed by atoms with Crippen LogP contribution in [-0.4, -0.2) is 17.2 Å². The van der Waals surface area contributed by atoms with Gasteiger partial charge in [-0.2, -0.15) is 0 Å². The molecule has 0 amide bonds. The zero-order valence-electron chi connectivity index (χ0n) is 7.56. The number of nitrogens with zero attached hydrogens (tertiary/aromatic N) is 1. The van der Waals surface area contributed by atoms with E-state index >= 15 is 0 Å². The molecule has 1 unspecified atom stereocenters. The molecule has 0 aliphatic heterocycles. The quantitative estimate of drug-likeness (QED) is 0.803. The summed E-state index contributed by atoms with van der Waals surface area (Å²) >= 11 is 1.58. The molecule has 1 aromatic rings. The van der Waals surface area contributed by atoms with Crippen LogP contribution in [0.4, 0.5) is 0 Å². The number of rotatable bonds is 4. The van der Waals surface area contributed by atoms with Gasteiger partial charge >= 0.3 is 0 Å². The van der Waals surface area contributed by atoms with E-state index in [0.717, 1.165) is 10.7 Å². The summed E-state index contributed by atoms with van der Waals surface area (Å²) in [5.74, 6) is 0.655. The average Bonchev–Trinajstić information content (AvgIpc) is 2.85. The molecule has 1 heterocycles. The third-order valence-corrected chi connectivity index (χ3v) is 3.23. The van der Waals surface area contributed by atoms with Crippen LogP contribution in [0.1, 0.15) is 29.6 Å². The van der Waals surface area contributed by atoms with Crippen molar-refractivity contribution < 1.29 is 9.84 Å². The fraction of sp³-hybridized carbons (Fsp3) is 0.667. The maximum atomic E-state index is 8.86. The summed E-state index contributed by atoms with van der Waals surface area (Å²) < 4.78 is 5.38. The Morgan fingerprint density at radius 3 is 3.00 bits per heavy atom. The molecule has 0 aromatic carbocycles. The molecule has 1 saturated carbocycles. The van der Waals surface area contributed by atoms with E-state index < -0.39 is 0 Å². The Hall–Kier alpha value is -0.450. The Bertz CT molecular complexity index is 283. The molecule has 1 aromatic heterocycles. The van der Waals surface area contributed by atoms with Gasteiger partial charge in [0, 0.05) is 12.5 Å². The third-order valence-electron chi connectivity index (χ3n) is 2.28. The van der Waals surface area contributed by atoms with Gasteiger partial charge in [0.1, 0.15) is 11.1 Å². The van der Waals surface area contributed by atoms with Crippen LogP contribution < -0.4 is 0 Å². The molecule has 1 aliphatic rings. The first-order valence-corrected chi connectivity index (χ1v) is 5.31. The molecular weight excluding hydrogens is 186 g/mol. The van der Waals surface area contributed by atoms with Crippen LogP contribution >= 0.6 is 11.3 Å². The van der Waals surface area contributed by atoms with Crippen LogP contribution in [0.25, 0.3) is 0 Å². The van der Waals surface area contributed by atoms with Crippen LogP contribution in [-0.2, 0) is 11.3 Å². The minimum atomic E-state index is 0.0254. The Labute approximate surface area is 81.4 Å². The number of hydrogen-bond donors (Lipinski definition) is 1. The van der Waals surface area contributed by atoms with E-state index in [4.69, 9.17) is 9.84 Å². The van der Waals surface area contributed by atoms with E-state index in [1.807, 2.05) is 5.38 Å². The molecule has 0 saturated heterocycles. The predicted molar refractivity (Wildman–Crippen MR) is 50.5 cm³/mol. The van der Waals surface area contributed by atoms with Crippen molar-refractivity contribution >= 4 is 11.3 Å². The number of ether oxygens (including phenoxy) is 1. The standard InChI is InChI=1S/C9H13NO2S/c1-12-8(6-2-3-6)9-10-7(4-11)5-13-9/h5-6,8,11H,2-4H2,1H3. The number of thiazole rings is 1. The van der Waals surface area contributed by atoms with E-state index in [2.05, 4.69) is 4.98 Å². The summed E-state index contributed by atoms with van der Waals surface area (Å²) in [6.45, 7) is 0.0254. The van der Waals surface area contributed by atoms with E-state index in [0.29, 0.717) is 5.92 Å². The fourth-order valence-electron chi connectivity index (χ4n) is 1.42. The molecule has 13 heavy (non-hydrogen) atoms. The van der Waals surface area contributed by atoms with Crippen molar-refractivity contribution in [1.29, 1.82) is 0 Å². The summed E-state index contributed by atoms with van der Waals surface area (Å²) in [6.07, 6.45) is 2.64. The number of hydrogen-bond acceptors (Lipinski definition) is 4. The predicted octanol–water partition coefficient (Wildman–Crippen LogP) is 1.73. The lowest BCUT2D eigenvalue weighted by Crippen LogP contribution is -2.03. The van der Waals surface area contributed by atoms with Gasteiger partial charge in [-0.25, -0.2) is 4.98 Å². The molecular formula is C9H13NO2S. The highest BCUT2D eigenvalue weighted by Crippen LogP contribution is 2.43. The lowest BCUT2D eigenvalue weighted by Gasteiger charge is -2.10. The van der Waals surface area contributed by atoms with E-state index in [9.17, 15) is 0 Å². The van der Waals surface area contributed by atoms with Crippen molar-refractivity contribution in [3.05, 3.63) is 16.1 Å². The third kappa shape index (κ3) is 1.90. The molecule has 2 rings (SSSR count). The largest absolute Gasteiger partial charge is 0.390 e. The second-order valence-electron chi connectivity index (χ2n) is 3.33. The molecule has 3 nitrogen and oxygen atoms in total. The summed E-state index contributed by atoms with van der Waals surface area (Å²) in [7, 11) is 1.73. The Kier molecular flexibility index (Phi) is 2.62. The first-order valence-electron chi connectivity index (χ1n) is 4.43. The molecule has 0 spiro atoms. The Morgan fingerprint density at radius 2 is 2.54 bits per heavy atom. The van der Waals surface area contributed by atoms with Crippen LogP contribution in [0.15, 0.2) is 5.38 Å². The van der Waals surface area contributed by atoms with Gasteiger partial charge < -0.3 is 9.84 Å². The zero-order valence-corrected chi connectivity index (χ0v) is 8.38. The lowest BCUT2D eigenvalue weighted by molar-refractivity contribution is 0.0840. The molecule has 1 fully saturated rings. The van der Waals surface area contributed by atoms with Crippen molar-refractivity contribution in [2.45, 2.75) is 25.6 Å². The molecule has 1 atom stereocenters. The smallest absolute Gasteiger partial charge is 0.122 e. The number of aromatic nitrogens is 1. The van der Waals surface area contributed by atoms with Crippen LogP contribution in [0.3, 0.4) is 0 Å². The first-order chi connectivity index (χ1) is 6.35. The molecule has 72 valence electrons. The van der Waals surface area contributed by atoms with Gasteiger partial charge in [0.15, 0.2) is 0 Å². The maximum absolute atomic E-state index is 8.86. The highest BCUT2D eigenvalue weighted by atomic mass is 32.1. The minimum absolute atomic E-state index is 0.0254. The second-order valence-corrected chi connectivity index (χ2v) is 4.22. The van der Waals surface area contributed by atoms with Crippen molar-refractivity contribution in [3.63, 3.8) is 0 Å². The van der Waals surface area contributed by atoms with E-state index in [1.54, 1.807) is 18.4 Å². The molecule has 0 bridgehead atoms. The summed E-state index contributed by atoms with van der Waals surface area (Å²) in [5.41, 5.74) is 0.753. The Morgan fingerprint density at radius 1 is 1.77 bits per heavy atom. The van der Waals surface area contributed by atoms with E-state index in [1.165, 1.54) is 12.8 Å². The fourth-order valence-corrected chi connectivity index (χ4v) is 2.40. The van der Waals surface area contributed by atoms with Crippen molar-refractivity contribution in [3.8, 4) is 0 Å². The van der Waals surface area contributed by atoms with Crippen molar-refractivity contribution in [2.75, 3.05) is 7.11 Å². The van der Waals surface area contributed by atoms with E-state index in [-0.39, 0.29) is 12.7 Å². The lowest BCUT2D eigenvalue weighted by atomic mass is 10.2. The summed E-state index contributed by atoms with van der Waals surface area (Å²) in [6, 6.07) is 0. The number of methoxy groups -OCH3 is 1. The normalized spacial score (nSPS) is 18.9. The van der Waals surface area contributed by atoms with Gasteiger partial charge in [0.25, 0.3) is 0 Å². The second kappa shape index (κ2) is 3.74. The zero-order chi connectivity index (χ0) is 9.26. The van der Waals surface area contributed by atoms with Gasteiger partial charge in [-0.15, -0.1) is 11.3 Å². The van der Waals surface area contributed by atoms with Crippen LogP contribution in [0.5, 0.6) is 0 Å². The molecule has 1 aliphatic carbocycles. The van der Waals surface area contributed by atoms with Gasteiger partial charge in [0.2, 0.25) is 0 Å². The highest BCUT2D eigenvalue weighted by molar-refractivity contribution is 7.09. The van der Waals surface area contributed by atoms with Crippen molar-refractivity contribution in [1.82, 2.24) is 4.98 Å². The number of aliphatic hydroxyl groups excluding tert-OH is 1. The molecule has 1 N–H and O–H groups in total. The topological polar surface area (TPSA) is 42.4 Å². The van der Waals surface area contributed by atoms with Gasteiger partial charge in [-0.3, -0.25) is 0 Å². The molecule has 0 radical (unpaired) electrons. The first kappa shape index (κ1) is 9.12. The average molecular weight is 199 g/mol. The maximum Gasteiger partial charge on any atom is 0.122 e. The summed E-state index contributed by atoms with van der Waals surface area (Å²) in [4.78, 5) is 4.30. The SMILES string of the molecule is COC(c1nc(CO)cs1)C1CC1. The number of aliphatic hydroxyl groups is 1. The molecule has 4 heteroatoms. The highest BCUT2D eigenvalue weighted by Gasteiger charge is 2.34. The van der Waals surface area contributed by atoms with Gasteiger partial charge in [0.05, 0.1) is 12.3 Å². The van der Waals surface area contributed by atoms with Crippen LogP contribution in [0, 0.1) is 5.92 Å². The Balaban J connectivity index is 2.12. The van der Waals surface area contributed by atoms with Gasteiger partial charge in [-0.1, -0.05) is 0 Å². The summed E-state index contributed by atoms with van der Waals surface area (Å²) in [5, 5.41) is 11.8. The van der Waals surface area contributed by atoms with Gasteiger partial charge in [-0.05, 0) is 18.8 Å². The monoisotopic (exact) mass is 199 g/mol. The minimum Gasteiger partial charge on any atom is -0.390 e.